The standard InChI is InChI=1S/C31H35F4N3O2S/c1-20-21(2)26(32)15-14-24(20)22-10-12-23(13-11-22)30-27(18-36-3)38-17-7-6-16-37(19-28(30)38)41(39,40)29-9-5-4-8-25(29)31(33,34)35/h4-5,8-15,27-28,30,36H,6-7,16-19H2,1-3H3/t27-,28+,30?/m1/s1. The van der Waals surface area contributed by atoms with Gasteiger partial charge in [-0.25, -0.2) is 12.8 Å². The van der Waals surface area contributed by atoms with Gasteiger partial charge in [-0.1, -0.05) is 42.5 Å². The highest BCUT2D eigenvalue weighted by molar-refractivity contribution is 7.89. The van der Waals surface area contributed by atoms with E-state index in [9.17, 15) is 26.0 Å². The minimum atomic E-state index is -4.78. The predicted octanol–water partition coefficient (Wildman–Crippen LogP) is 5.97. The van der Waals surface area contributed by atoms with E-state index >= 15 is 0 Å². The molecule has 2 heterocycles. The molecule has 2 saturated heterocycles. The summed E-state index contributed by atoms with van der Waals surface area (Å²) in [4.78, 5) is 1.59. The van der Waals surface area contributed by atoms with Gasteiger partial charge in [-0.15, -0.1) is 0 Å². The van der Waals surface area contributed by atoms with E-state index in [2.05, 4.69) is 10.2 Å². The topological polar surface area (TPSA) is 52.7 Å². The van der Waals surface area contributed by atoms with E-state index in [4.69, 9.17) is 0 Å². The Labute approximate surface area is 239 Å². The molecule has 0 aromatic heterocycles. The highest BCUT2D eigenvalue weighted by atomic mass is 32.2. The molecule has 0 radical (unpaired) electrons. The quantitative estimate of drug-likeness (QED) is 0.360. The number of likely N-dealkylation sites (N-methyl/N-ethyl adjacent to an activating group) is 1. The molecule has 2 aliphatic rings. The van der Waals surface area contributed by atoms with Crippen LogP contribution in [0.1, 0.15) is 41.0 Å². The van der Waals surface area contributed by atoms with Crippen LogP contribution < -0.4 is 5.32 Å². The van der Waals surface area contributed by atoms with Crippen LogP contribution in [0.2, 0.25) is 0 Å². The highest BCUT2D eigenvalue weighted by Crippen LogP contribution is 2.44. The summed E-state index contributed by atoms with van der Waals surface area (Å²) in [6, 6.07) is 15.7. The largest absolute Gasteiger partial charge is 0.417 e. The maximum atomic E-state index is 14.0. The molecule has 0 spiro atoms. The normalized spacial score (nSPS) is 22.5. The lowest BCUT2D eigenvalue weighted by atomic mass is 9.74. The van der Waals surface area contributed by atoms with Gasteiger partial charge in [0, 0.05) is 37.6 Å². The molecule has 220 valence electrons. The van der Waals surface area contributed by atoms with Gasteiger partial charge in [-0.3, -0.25) is 4.90 Å². The molecule has 0 aliphatic carbocycles. The zero-order valence-electron chi connectivity index (χ0n) is 23.4. The van der Waals surface area contributed by atoms with E-state index < -0.39 is 26.7 Å². The lowest BCUT2D eigenvalue weighted by Crippen LogP contribution is -2.68. The van der Waals surface area contributed by atoms with Crippen molar-refractivity contribution in [2.45, 2.75) is 55.8 Å². The van der Waals surface area contributed by atoms with Crippen LogP contribution in [0.4, 0.5) is 17.6 Å². The summed E-state index contributed by atoms with van der Waals surface area (Å²) < 4.78 is 84.0. The second kappa shape index (κ2) is 11.5. The zero-order valence-corrected chi connectivity index (χ0v) is 24.2. The van der Waals surface area contributed by atoms with Gasteiger partial charge in [0.2, 0.25) is 10.0 Å². The minimum Gasteiger partial charge on any atom is -0.318 e. The maximum Gasteiger partial charge on any atom is 0.417 e. The fraction of sp³-hybridized carbons (Fsp3) is 0.419. The van der Waals surface area contributed by atoms with Gasteiger partial charge >= 0.3 is 6.18 Å². The van der Waals surface area contributed by atoms with Crippen molar-refractivity contribution in [3.63, 3.8) is 0 Å². The summed E-state index contributed by atoms with van der Waals surface area (Å²) in [5.41, 5.74) is 3.29. The third-order valence-electron chi connectivity index (χ3n) is 8.70. The molecular weight excluding hydrogens is 554 g/mol. The Balaban J connectivity index is 1.47. The summed E-state index contributed by atoms with van der Waals surface area (Å²) in [7, 11) is -2.51. The van der Waals surface area contributed by atoms with Crippen LogP contribution in [0.25, 0.3) is 11.1 Å². The van der Waals surface area contributed by atoms with Crippen LogP contribution in [-0.2, 0) is 16.2 Å². The van der Waals surface area contributed by atoms with Gasteiger partial charge in [0.25, 0.3) is 0 Å². The molecule has 5 rings (SSSR count). The number of nitrogens with zero attached hydrogens (tertiary/aromatic N) is 2. The van der Waals surface area contributed by atoms with Gasteiger partial charge in [0.1, 0.15) is 5.82 Å². The van der Waals surface area contributed by atoms with Gasteiger partial charge < -0.3 is 5.32 Å². The molecule has 10 heteroatoms. The molecule has 2 aliphatic heterocycles. The summed E-state index contributed by atoms with van der Waals surface area (Å²) >= 11 is 0. The van der Waals surface area contributed by atoms with Gasteiger partial charge in [0.05, 0.1) is 10.5 Å². The molecule has 1 N–H and O–H groups in total. The number of hydrogen-bond acceptors (Lipinski definition) is 4. The molecular formula is C31H35F4N3O2S. The fourth-order valence-corrected chi connectivity index (χ4v) is 8.12. The van der Waals surface area contributed by atoms with Crippen LogP contribution in [0, 0.1) is 19.7 Å². The number of alkyl halides is 3. The van der Waals surface area contributed by atoms with Crippen LogP contribution in [0.15, 0.2) is 65.6 Å². The average molecular weight is 590 g/mol. The Morgan fingerprint density at radius 2 is 1.61 bits per heavy atom. The number of hydrogen-bond donors (Lipinski definition) is 1. The van der Waals surface area contributed by atoms with Gasteiger partial charge in [-0.2, -0.15) is 17.5 Å². The van der Waals surface area contributed by atoms with E-state index in [1.54, 1.807) is 13.0 Å². The molecule has 3 aromatic rings. The molecule has 41 heavy (non-hydrogen) atoms. The summed E-state index contributed by atoms with van der Waals surface area (Å²) in [5.74, 6) is -0.254. The zero-order chi connectivity index (χ0) is 29.5. The molecule has 1 unspecified atom stereocenters. The number of benzene rings is 3. The van der Waals surface area contributed by atoms with Crippen molar-refractivity contribution in [1.29, 1.82) is 0 Å². The van der Waals surface area contributed by atoms with Crippen molar-refractivity contribution in [2.75, 3.05) is 33.2 Å². The molecule has 3 atom stereocenters. The van der Waals surface area contributed by atoms with Crippen molar-refractivity contribution in [3.05, 3.63) is 88.7 Å². The van der Waals surface area contributed by atoms with Crippen LogP contribution in [0.3, 0.4) is 0 Å². The first kappa shape index (κ1) is 29.7. The Hall–Kier alpha value is -2.79. The second-order valence-corrected chi connectivity index (χ2v) is 12.9. The summed E-state index contributed by atoms with van der Waals surface area (Å²) in [5, 5.41) is 3.25. The third-order valence-corrected chi connectivity index (χ3v) is 10.6. The SMILES string of the molecule is CNC[C@@H]1C(c2ccc(-c3ccc(F)c(C)c3C)cc2)[C@@H]2CN(S(=O)(=O)c3ccccc3C(F)(F)F)CCCCN12. The molecule has 0 amide bonds. The van der Waals surface area contributed by atoms with E-state index in [0.717, 1.165) is 47.4 Å². The first-order valence-electron chi connectivity index (χ1n) is 13.9. The maximum absolute atomic E-state index is 14.0. The van der Waals surface area contributed by atoms with Crippen molar-refractivity contribution >= 4 is 10.0 Å². The lowest BCUT2D eigenvalue weighted by Gasteiger charge is -2.57. The number of rotatable bonds is 6. The van der Waals surface area contributed by atoms with Crippen LogP contribution in [0.5, 0.6) is 0 Å². The van der Waals surface area contributed by atoms with Crippen LogP contribution >= 0.6 is 0 Å². The lowest BCUT2D eigenvalue weighted by molar-refractivity contribution is -0.139. The Kier molecular flexibility index (Phi) is 8.31. The van der Waals surface area contributed by atoms with Gasteiger partial charge in [0.15, 0.2) is 0 Å². The van der Waals surface area contributed by atoms with E-state index in [-0.39, 0.29) is 36.9 Å². The number of sulfonamides is 1. The third kappa shape index (κ3) is 5.55. The number of nitrogens with one attached hydrogen (secondary N) is 1. The van der Waals surface area contributed by atoms with Gasteiger partial charge in [-0.05, 0) is 86.3 Å². The second-order valence-electron chi connectivity index (χ2n) is 11.0. The molecule has 3 aromatic carbocycles. The predicted molar refractivity (Wildman–Crippen MR) is 152 cm³/mol. The van der Waals surface area contributed by atoms with E-state index in [1.807, 2.05) is 38.2 Å². The van der Waals surface area contributed by atoms with Crippen molar-refractivity contribution in [1.82, 2.24) is 14.5 Å². The summed E-state index contributed by atoms with van der Waals surface area (Å²) in [6.07, 6.45) is -3.46. The smallest absolute Gasteiger partial charge is 0.318 e. The summed E-state index contributed by atoms with van der Waals surface area (Å²) in [6.45, 7) is 5.43. The number of halogens is 4. The van der Waals surface area contributed by atoms with Crippen molar-refractivity contribution < 1.29 is 26.0 Å². The van der Waals surface area contributed by atoms with Crippen molar-refractivity contribution in [2.24, 2.45) is 0 Å². The monoisotopic (exact) mass is 589 g/mol. The van der Waals surface area contributed by atoms with E-state index in [0.29, 0.717) is 18.5 Å². The van der Waals surface area contributed by atoms with E-state index in [1.165, 1.54) is 22.5 Å². The Morgan fingerprint density at radius 1 is 0.927 bits per heavy atom. The first-order chi connectivity index (χ1) is 19.4. The molecule has 0 saturated carbocycles. The van der Waals surface area contributed by atoms with Crippen LogP contribution in [-0.4, -0.2) is 62.9 Å². The Morgan fingerprint density at radius 3 is 2.29 bits per heavy atom. The average Bonchev–Trinajstić information content (AvgIpc) is 2.92. The first-order valence-corrected chi connectivity index (χ1v) is 15.3. The van der Waals surface area contributed by atoms with Crippen molar-refractivity contribution in [3.8, 4) is 11.1 Å². The Bertz CT molecular complexity index is 1510. The highest BCUT2D eigenvalue weighted by Gasteiger charge is 2.50. The minimum absolute atomic E-state index is 0.0128. The fourth-order valence-electron chi connectivity index (χ4n) is 6.41. The molecule has 0 bridgehead atoms. The molecule has 5 nitrogen and oxygen atoms in total. The molecule has 2 fully saturated rings. The number of fused-ring (bicyclic) bond motifs is 1.